The maximum Gasteiger partial charge on any atom is 0.171 e. The first-order valence-electron chi connectivity index (χ1n) is 4.70. The van der Waals surface area contributed by atoms with Gasteiger partial charge in [-0.1, -0.05) is 47.2 Å². The lowest BCUT2D eigenvalue weighted by atomic mass is 10.3. The van der Waals surface area contributed by atoms with Gasteiger partial charge in [0.15, 0.2) is 8.11 Å². The zero-order chi connectivity index (χ0) is 9.10. The molecule has 0 heterocycles. The fourth-order valence-electron chi connectivity index (χ4n) is 1.70. The molecule has 0 aromatic carbocycles. The van der Waals surface area contributed by atoms with E-state index >= 15 is 0 Å². The zero-order valence-electron chi connectivity index (χ0n) is 7.54. The van der Waals surface area contributed by atoms with Gasteiger partial charge in [-0.3, -0.25) is 0 Å². The monoisotopic (exact) mass is 208 g/mol. The lowest BCUT2D eigenvalue weighted by Gasteiger charge is -2.09. The summed E-state index contributed by atoms with van der Waals surface area (Å²) in [4.78, 5) is 0. The van der Waals surface area contributed by atoms with E-state index in [1.807, 2.05) is 0 Å². The smallest absolute Gasteiger partial charge is 0.165 e. The molecular weight excluding hydrogens is 196 g/mol. The first-order valence-corrected chi connectivity index (χ1v) is 7.84. The third-order valence-corrected chi connectivity index (χ3v) is 5.91. The van der Waals surface area contributed by atoms with Gasteiger partial charge >= 0.3 is 0 Å². The maximum atomic E-state index is 6.43. The molecule has 0 fully saturated rings. The molecule has 0 radical (unpaired) electrons. The Kier molecular flexibility index (Phi) is 2.86. The summed E-state index contributed by atoms with van der Waals surface area (Å²) in [6, 6.07) is 1.14. The van der Waals surface area contributed by atoms with Crippen molar-refractivity contribution in [2.45, 2.75) is 18.9 Å². The summed E-state index contributed by atoms with van der Waals surface area (Å²) in [5.41, 5.74) is 1.51. The van der Waals surface area contributed by atoms with Crippen LogP contribution in [-0.2, 0) is 0 Å². The number of allylic oxidation sites excluding steroid dienone is 8. The SMILES string of the molecule is Cl[SiH](CC1=CC=CC1)C1=CC=CC1. The molecule has 1 atom stereocenters. The molecule has 0 aliphatic heterocycles. The molecule has 0 bridgehead atoms. The van der Waals surface area contributed by atoms with Gasteiger partial charge in [-0.05, 0) is 18.9 Å². The summed E-state index contributed by atoms with van der Waals surface area (Å²) in [6.45, 7) is 0. The van der Waals surface area contributed by atoms with Crippen LogP contribution in [0.2, 0.25) is 6.04 Å². The highest BCUT2D eigenvalue weighted by Gasteiger charge is 2.16. The first kappa shape index (κ1) is 9.04. The van der Waals surface area contributed by atoms with Gasteiger partial charge < -0.3 is 0 Å². The lowest BCUT2D eigenvalue weighted by molar-refractivity contribution is 1.23. The predicted octanol–water partition coefficient (Wildman–Crippen LogP) is 3.26. The Bertz CT molecular complexity index is 310. The summed E-state index contributed by atoms with van der Waals surface area (Å²) >= 11 is 6.43. The van der Waals surface area contributed by atoms with Crippen LogP contribution in [0.15, 0.2) is 47.2 Å². The first-order chi connectivity index (χ1) is 6.36. The summed E-state index contributed by atoms with van der Waals surface area (Å²) in [5.74, 6) is 0. The normalized spacial score (nSPS) is 21.9. The average molecular weight is 209 g/mol. The van der Waals surface area contributed by atoms with Gasteiger partial charge in [-0.25, -0.2) is 0 Å². The molecule has 1 unspecified atom stereocenters. The lowest BCUT2D eigenvalue weighted by Crippen LogP contribution is -2.07. The van der Waals surface area contributed by atoms with Gasteiger partial charge in [0.25, 0.3) is 0 Å². The van der Waals surface area contributed by atoms with Crippen LogP contribution >= 0.6 is 11.1 Å². The molecule has 13 heavy (non-hydrogen) atoms. The van der Waals surface area contributed by atoms with E-state index in [1.165, 1.54) is 10.8 Å². The molecule has 2 rings (SSSR count). The topological polar surface area (TPSA) is 0 Å². The highest BCUT2D eigenvalue weighted by Crippen LogP contribution is 2.25. The highest BCUT2D eigenvalue weighted by atomic mass is 35.6. The Morgan fingerprint density at radius 2 is 1.92 bits per heavy atom. The third kappa shape index (κ3) is 2.23. The molecule has 0 nitrogen and oxygen atoms in total. The van der Waals surface area contributed by atoms with Crippen LogP contribution in [0.3, 0.4) is 0 Å². The highest BCUT2D eigenvalue weighted by molar-refractivity contribution is 7.11. The van der Waals surface area contributed by atoms with E-state index in [2.05, 4.69) is 36.5 Å². The molecule has 68 valence electrons. The van der Waals surface area contributed by atoms with Gasteiger partial charge in [0.1, 0.15) is 0 Å². The Labute approximate surface area is 85.6 Å². The minimum absolute atomic E-state index is 1.10. The van der Waals surface area contributed by atoms with Crippen molar-refractivity contribution in [2.75, 3.05) is 0 Å². The van der Waals surface area contributed by atoms with Gasteiger partial charge in [-0.15, -0.1) is 0 Å². The van der Waals surface area contributed by atoms with Crippen molar-refractivity contribution in [2.24, 2.45) is 0 Å². The van der Waals surface area contributed by atoms with E-state index in [0.717, 1.165) is 18.9 Å². The van der Waals surface area contributed by atoms with Crippen LogP contribution < -0.4 is 0 Å². The van der Waals surface area contributed by atoms with E-state index in [1.54, 1.807) is 0 Å². The van der Waals surface area contributed by atoms with E-state index in [-0.39, 0.29) is 0 Å². The standard InChI is InChI=1S/C11H13ClSi/c12-13(11-7-3-4-8-11)9-10-5-1-2-6-10/h1-5,7,13H,6,8-9H2. The number of rotatable bonds is 3. The van der Waals surface area contributed by atoms with E-state index in [4.69, 9.17) is 11.1 Å². The maximum absolute atomic E-state index is 6.43. The second-order valence-electron chi connectivity index (χ2n) is 3.50. The number of hydrogen-bond acceptors (Lipinski definition) is 0. The van der Waals surface area contributed by atoms with Crippen LogP contribution in [0.1, 0.15) is 12.8 Å². The second kappa shape index (κ2) is 4.12. The minimum atomic E-state index is -1.15. The molecule has 2 aliphatic carbocycles. The second-order valence-corrected chi connectivity index (χ2v) is 7.17. The van der Waals surface area contributed by atoms with E-state index < -0.39 is 8.11 Å². The molecule has 2 aliphatic rings. The van der Waals surface area contributed by atoms with Crippen molar-refractivity contribution in [3.63, 3.8) is 0 Å². The van der Waals surface area contributed by atoms with E-state index in [0.29, 0.717) is 0 Å². The molecule has 0 saturated heterocycles. The quantitative estimate of drug-likeness (QED) is 0.494. The van der Waals surface area contributed by atoms with Crippen molar-refractivity contribution < 1.29 is 0 Å². The summed E-state index contributed by atoms with van der Waals surface area (Å²) < 4.78 is 0. The van der Waals surface area contributed by atoms with Crippen LogP contribution in [0, 0.1) is 0 Å². The van der Waals surface area contributed by atoms with Gasteiger partial charge in [0.2, 0.25) is 0 Å². The summed E-state index contributed by atoms with van der Waals surface area (Å²) in [6.07, 6.45) is 15.3. The Hall–Kier alpha value is -0.533. The summed E-state index contributed by atoms with van der Waals surface area (Å²) in [5, 5.41) is 1.49. The van der Waals surface area contributed by atoms with Crippen molar-refractivity contribution in [1.29, 1.82) is 0 Å². The Balaban J connectivity index is 1.88. The van der Waals surface area contributed by atoms with Gasteiger partial charge in [0.05, 0.1) is 0 Å². The fourth-order valence-corrected chi connectivity index (χ4v) is 4.52. The molecule has 0 N–H and O–H groups in total. The Morgan fingerprint density at radius 3 is 2.54 bits per heavy atom. The molecular formula is C11H13ClSi. The zero-order valence-corrected chi connectivity index (χ0v) is 9.45. The number of hydrogen-bond donors (Lipinski definition) is 0. The van der Waals surface area contributed by atoms with Crippen molar-refractivity contribution >= 4 is 19.2 Å². The van der Waals surface area contributed by atoms with Crippen LogP contribution in [-0.4, -0.2) is 8.11 Å². The molecule has 0 spiro atoms. The number of halogens is 1. The molecule has 0 aromatic heterocycles. The van der Waals surface area contributed by atoms with Crippen molar-refractivity contribution in [1.82, 2.24) is 0 Å². The van der Waals surface area contributed by atoms with Crippen LogP contribution in [0.4, 0.5) is 0 Å². The summed E-state index contributed by atoms with van der Waals surface area (Å²) in [7, 11) is -1.15. The van der Waals surface area contributed by atoms with Gasteiger partial charge in [-0.2, -0.15) is 11.1 Å². The van der Waals surface area contributed by atoms with E-state index in [9.17, 15) is 0 Å². The molecule has 0 aromatic rings. The van der Waals surface area contributed by atoms with Crippen LogP contribution in [0.5, 0.6) is 0 Å². The van der Waals surface area contributed by atoms with Crippen molar-refractivity contribution in [3.8, 4) is 0 Å². The third-order valence-electron chi connectivity index (χ3n) is 2.49. The molecule has 0 saturated carbocycles. The molecule has 0 amide bonds. The minimum Gasteiger partial charge on any atom is -0.165 e. The fraction of sp³-hybridized carbons (Fsp3) is 0.273. The van der Waals surface area contributed by atoms with Gasteiger partial charge in [0, 0.05) is 0 Å². The molecule has 2 heteroatoms. The largest absolute Gasteiger partial charge is 0.171 e. The Morgan fingerprint density at radius 1 is 1.15 bits per heavy atom. The van der Waals surface area contributed by atoms with Crippen LogP contribution in [0.25, 0.3) is 0 Å². The predicted molar refractivity (Wildman–Crippen MR) is 61.5 cm³/mol. The van der Waals surface area contributed by atoms with Crippen molar-refractivity contribution in [3.05, 3.63) is 47.2 Å². The average Bonchev–Trinajstić information content (AvgIpc) is 2.74.